The summed E-state index contributed by atoms with van der Waals surface area (Å²) in [5.74, 6) is 0.166. The SMILES string of the molecule is C=C/C(=C\c1c(C)csc1C)OC(C)=O. The lowest BCUT2D eigenvalue weighted by atomic mass is 10.1. The second-order valence-corrected chi connectivity index (χ2v) is 4.32. The third kappa shape index (κ3) is 3.06. The average Bonchev–Trinajstić information content (AvgIpc) is 2.47. The van der Waals surface area contributed by atoms with Crippen molar-refractivity contribution in [2.45, 2.75) is 20.8 Å². The third-order valence-electron chi connectivity index (χ3n) is 1.97. The molecule has 0 spiro atoms. The maximum atomic E-state index is 10.8. The van der Waals surface area contributed by atoms with E-state index in [9.17, 15) is 4.79 Å². The van der Waals surface area contributed by atoms with E-state index in [1.165, 1.54) is 23.4 Å². The minimum absolute atomic E-state index is 0.327. The Labute approximate surface area is 93.9 Å². The van der Waals surface area contributed by atoms with Crippen LogP contribution in [0.5, 0.6) is 0 Å². The van der Waals surface area contributed by atoms with Gasteiger partial charge in [0.25, 0.3) is 0 Å². The van der Waals surface area contributed by atoms with Crippen molar-refractivity contribution in [3.05, 3.63) is 39.8 Å². The number of carbonyl (C=O) groups excluding carboxylic acids is 1. The van der Waals surface area contributed by atoms with Crippen molar-refractivity contribution < 1.29 is 9.53 Å². The Balaban J connectivity index is 3.02. The van der Waals surface area contributed by atoms with Crippen molar-refractivity contribution in [1.29, 1.82) is 0 Å². The fraction of sp³-hybridized carbons (Fsp3) is 0.250. The molecule has 0 aliphatic heterocycles. The topological polar surface area (TPSA) is 26.3 Å². The van der Waals surface area contributed by atoms with Gasteiger partial charge in [0.1, 0.15) is 5.76 Å². The molecule has 0 saturated carbocycles. The summed E-state index contributed by atoms with van der Waals surface area (Å²) in [5, 5.41) is 2.08. The molecule has 2 nitrogen and oxygen atoms in total. The number of allylic oxidation sites excluding steroid dienone is 1. The Morgan fingerprint density at radius 2 is 2.20 bits per heavy atom. The van der Waals surface area contributed by atoms with Crippen molar-refractivity contribution >= 4 is 23.4 Å². The van der Waals surface area contributed by atoms with Crippen LogP contribution in [0.15, 0.2) is 23.8 Å². The van der Waals surface area contributed by atoms with E-state index in [0.717, 1.165) is 5.56 Å². The van der Waals surface area contributed by atoms with E-state index >= 15 is 0 Å². The molecule has 0 radical (unpaired) electrons. The van der Waals surface area contributed by atoms with Gasteiger partial charge in [0.15, 0.2) is 0 Å². The highest BCUT2D eigenvalue weighted by Crippen LogP contribution is 2.23. The summed E-state index contributed by atoms with van der Waals surface area (Å²) in [6.45, 7) is 9.06. The maximum Gasteiger partial charge on any atom is 0.308 e. The van der Waals surface area contributed by atoms with Crippen LogP contribution in [0, 0.1) is 13.8 Å². The summed E-state index contributed by atoms with van der Waals surface area (Å²) >= 11 is 1.68. The van der Waals surface area contributed by atoms with Crippen molar-refractivity contribution in [2.75, 3.05) is 0 Å². The lowest BCUT2D eigenvalue weighted by Crippen LogP contribution is -1.96. The largest absolute Gasteiger partial charge is 0.427 e. The number of aryl methyl sites for hydroxylation is 2. The van der Waals surface area contributed by atoms with Gasteiger partial charge in [0.05, 0.1) is 0 Å². The molecule has 3 heteroatoms. The summed E-state index contributed by atoms with van der Waals surface area (Å²) in [6.07, 6.45) is 3.38. The minimum atomic E-state index is -0.327. The molecule has 0 fully saturated rings. The fourth-order valence-corrected chi connectivity index (χ4v) is 2.06. The number of thiophene rings is 1. The quantitative estimate of drug-likeness (QED) is 0.445. The second-order valence-electron chi connectivity index (χ2n) is 3.23. The van der Waals surface area contributed by atoms with Crippen LogP contribution in [-0.4, -0.2) is 5.97 Å². The number of hydrogen-bond acceptors (Lipinski definition) is 3. The first kappa shape index (κ1) is 11.7. The van der Waals surface area contributed by atoms with E-state index in [0.29, 0.717) is 5.76 Å². The van der Waals surface area contributed by atoms with Gasteiger partial charge in [-0.3, -0.25) is 4.79 Å². The first-order valence-electron chi connectivity index (χ1n) is 4.62. The van der Waals surface area contributed by atoms with Crippen molar-refractivity contribution in [2.24, 2.45) is 0 Å². The molecule has 0 amide bonds. The molecule has 80 valence electrons. The van der Waals surface area contributed by atoms with Gasteiger partial charge in [-0.2, -0.15) is 0 Å². The van der Waals surface area contributed by atoms with Crippen LogP contribution in [0.25, 0.3) is 6.08 Å². The highest BCUT2D eigenvalue weighted by molar-refractivity contribution is 7.10. The highest BCUT2D eigenvalue weighted by Gasteiger charge is 2.04. The zero-order chi connectivity index (χ0) is 11.4. The van der Waals surface area contributed by atoms with Gasteiger partial charge < -0.3 is 4.74 Å². The van der Waals surface area contributed by atoms with E-state index in [4.69, 9.17) is 4.74 Å². The van der Waals surface area contributed by atoms with Crippen molar-refractivity contribution in [3.8, 4) is 0 Å². The Morgan fingerprint density at radius 1 is 1.53 bits per heavy atom. The normalized spacial score (nSPS) is 11.3. The molecule has 0 aromatic carbocycles. The molecule has 1 aromatic rings. The van der Waals surface area contributed by atoms with Gasteiger partial charge in [-0.05, 0) is 42.5 Å². The predicted octanol–water partition coefficient (Wildman–Crippen LogP) is 3.45. The fourth-order valence-electron chi connectivity index (χ4n) is 1.24. The first-order chi connectivity index (χ1) is 7.04. The Hall–Kier alpha value is -1.35. The van der Waals surface area contributed by atoms with E-state index in [1.807, 2.05) is 19.9 Å². The Bertz CT molecular complexity index is 394. The van der Waals surface area contributed by atoms with Crippen LogP contribution in [-0.2, 0) is 9.53 Å². The monoisotopic (exact) mass is 222 g/mol. The second kappa shape index (κ2) is 4.94. The Morgan fingerprint density at radius 3 is 2.60 bits per heavy atom. The number of hydrogen-bond donors (Lipinski definition) is 0. The molecule has 1 rings (SSSR count). The van der Waals surface area contributed by atoms with Gasteiger partial charge in [-0.1, -0.05) is 6.58 Å². The molecule has 0 saturated heterocycles. The third-order valence-corrected chi connectivity index (χ3v) is 3.01. The van der Waals surface area contributed by atoms with Gasteiger partial charge in [-0.15, -0.1) is 11.3 Å². The highest BCUT2D eigenvalue weighted by atomic mass is 32.1. The summed E-state index contributed by atoms with van der Waals surface area (Å²) in [5.41, 5.74) is 2.29. The Kier molecular flexibility index (Phi) is 3.86. The van der Waals surface area contributed by atoms with Crippen molar-refractivity contribution in [3.63, 3.8) is 0 Å². The molecule has 0 aliphatic carbocycles. The minimum Gasteiger partial charge on any atom is -0.427 e. The molecule has 0 bridgehead atoms. The predicted molar refractivity (Wildman–Crippen MR) is 63.7 cm³/mol. The standard InChI is InChI=1S/C12H14O2S/c1-5-11(14-10(4)13)6-12-8(2)7-15-9(12)3/h5-7H,1H2,2-4H3/b11-6+. The molecular formula is C12H14O2S. The number of rotatable bonds is 3. The van der Waals surface area contributed by atoms with Crippen LogP contribution < -0.4 is 0 Å². The lowest BCUT2D eigenvalue weighted by Gasteiger charge is -2.02. The molecular weight excluding hydrogens is 208 g/mol. The maximum absolute atomic E-state index is 10.8. The summed E-state index contributed by atoms with van der Waals surface area (Å²) in [7, 11) is 0. The first-order valence-corrected chi connectivity index (χ1v) is 5.49. The number of ether oxygens (including phenoxy) is 1. The molecule has 1 heterocycles. The van der Waals surface area contributed by atoms with Gasteiger partial charge >= 0.3 is 5.97 Å². The van der Waals surface area contributed by atoms with Gasteiger partial charge in [0.2, 0.25) is 0 Å². The van der Waals surface area contributed by atoms with E-state index < -0.39 is 0 Å². The van der Waals surface area contributed by atoms with Crippen LogP contribution in [0.3, 0.4) is 0 Å². The summed E-state index contributed by atoms with van der Waals surface area (Å²) in [4.78, 5) is 12.0. The van der Waals surface area contributed by atoms with Crippen molar-refractivity contribution in [1.82, 2.24) is 0 Å². The van der Waals surface area contributed by atoms with Gasteiger partial charge in [0, 0.05) is 11.8 Å². The smallest absolute Gasteiger partial charge is 0.308 e. The molecule has 15 heavy (non-hydrogen) atoms. The van der Waals surface area contributed by atoms with Crippen LogP contribution in [0.4, 0.5) is 0 Å². The van der Waals surface area contributed by atoms with E-state index in [2.05, 4.69) is 12.0 Å². The zero-order valence-electron chi connectivity index (χ0n) is 9.16. The van der Waals surface area contributed by atoms with E-state index in [-0.39, 0.29) is 5.97 Å². The number of carbonyl (C=O) groups is 1. The summed E-state index contributed by atoms with van der Waals surface area (Å²) < 4.78 is 4.99. The van der Waals surface area contributed by atoms with Gasteiger partial charge in [-0.25, -0.2) is 0 Å². The molecule has 0 atom stereocenters. The van der Waals surface area contributed by atoms with Crippen LogP contribution >= 0.6 is 11.3 Å². The lowest BCUT2D eigenvalue weighted by molar-refractivity contribution is -0.136. The number of esters is 1. The molecule has 1 aromatic heterocycles. The summed E-state index contributed by atoms with van der Waals surface area (Å²) in [6, 6.07) is 0. The zero-order valence-corrected chi connectivity index (χ0v) is 9.98. The molecule has 0 aliphatic rings. The van der Waals surface area contributed by atoms with E-state index in [1.54, 1.807) is 11.3 Å². The molecule has 0 N–H and O–H groups in total. The molecule has 0 unspecified atom stereocenters. The van der Waals surface area contributed by atoms with Crippen LogP contribution in [0.2, 0.25) is 0 Å². The average molecular weight is 222 g/mol. The van der Waals surface area contributed by atoms with Crippen LogP contribution in [0.1, 0.15) is 22.9 Å².